The van der Waals surface area contributed by atoms with Crippen molar-refractivity contribution < 1.29 is 9.53 Å². The molecule has 0 spiro atoms. The number of aryl methyl sites for hydroxylation is 1. The fraction of sp³-hybridized carbons (Fsp3) is 0.263. The predicted molar refractivity (Wildman–Crippen MR) is 94.6 cm³/mol. The summed E-state index contributed by atoms with van der Waals surface area (Å²) in [5.41, 5.74) is 3.60. The second kappa shape index (κ2) is 5.91. The molecule has 24 heavy (non-hydrogen) atoms. The second-order valence-corrected chi connectivity index (χ2v) is 7.04. The van der Waals surface area contributed by atoms with Gasteiger partial charge in [-0.25, -0.2) is 4.68 Å². The van der Waals surface area contributed by atoms with Gasteiger partial charge in [-0.05, 0) is 49.1 Å². The van der Waals surface area contributed by atoms with Gasteiger partial charge in [0.05, 0.1) is 29.7 Å². The molecule has 1 aliphatic rings. The number of rotatable bonds is 3. The molecule has 2 aromatic heterocycles. The van der Waals surface area contributed by atoms with E-state index in [1.54, 1.807) is 18.4 Å². The van der Waals surface area contributed by atoms with E-state index in [9.17, 15) is 4.79 Å². The number of hydrogen-bond donors (Lipinski definition) is 0. The molecule has 0 fully saturated rings. The summed E-state index contributed by atoms with van der Waals surface area (Å²) < 4.78 is 7.14. The first-order valence-corrected chi connectivity index (χ1v) is 8.85. The van der Waals surface area contributed by atoms with Crippen molar-refractivity contribution in [3.63, 3.8) is 0 Å². The normalized spacial score (nSPS) is 16.9. The third-order valence-corrected chi connectivity index (χ3v) is 5.60. The lowest BCUT2D eigenvalue weighted by Crippen LogP contribution is -2.20. The van der Waals surface area contributed by atoms with E-state index in [1.807, 2.05) is 41.9 Å². The van der Waals surface area contributed by atoms with E-state index in [0.717, 1.165) is 34.8 Å². The Morgan fingerprint density at radius 1 is 1.21 bits per heavy atom. The number of ether oxygens (including phenoxy) is 1. The number of carbonyl (C=O) groups is 1. The summed E-state index contributed by atoms with van der Waals surface area (Å²) in [6.07, 6.45) is 1.41. The van der Waals surface area contributed by atoms with Crippen molar-refractivity contribution in [1.82, 2.24) is 9.78 Å². The van der Waals surface area contributed by atoms with Crippen LogP contribution in [0.15, 0.2) is 41.8 Å². The fourth-order valence-electron chi connectivity index (χ4n) is 3.42. The molecule has 122 valence electrons. The van der Waals surface area contributed by atoms with Gasteiger partial charge in [0.1, 0.15) is 5.75 Å². The van der Waals surface area contributed by atoms with Crippen LogP contribution in [0.3, 0.4) is 0 Å². The van der Waals surface area contributed by atoms with E-state index in [1.165, 1.54) is 4.88 Å². The van der Waals surface area contributed by atoms with Crippen molar-refractivity contribution in [3.05, 3.63) is 63.6 Å². The maximum Gasteiger partial charge on any atom is 0.167 e. The number of carbonyl (C=O) groups excluding carboxylic acids is 1. The molecule has 0 unspecified atom stereocenters. The molecular weight excluding hydrogens is 320 g/mol. The quantitative estimate of drug-likeness (QED) is 0.720. The van der Waals surface area contributed by atoms with E-state index in [4.69, 9.17) is 4.74 Å². The van der Waals surface area contributed by atoms with Crippen LogP contribution >= 0.6 is 11.3 Å². The first kappa shape index (κ1) is 15.1. The van der Waals surface area contributed by atoms with E-state index >= 15 is 0 Å². The monoisotopic (exact) mass is 338 g/mol. The van der Waals surface area contributed by atoms with Gasteiger partial charge in [0.25, 0.3) is 0 Å². The molecule has 0 N–H and O–H groups in total. The maximum atomic E-state index is 12.7. The summed E-state index contributed by atoms with van der Waals surface area (Å²) in [4.78, 5) is 14.0. The Labute approximate surface area is 144 Å². The van der Waals surface area contributed by atoms with E-state index in [-0.39, 0.29) is 11.7 Å². The largest absolute Gasteiger partial charge is 0.497 e. The van der Waals surface area contributed by atoms with Gasteiger partial charge >= 0.3 is 0 Å². The molecule has 0 aliphatic heterocycles. The zero-order valence-corrected chi connectivity index (χ0v) is 14.5. The summed E-state index contributed by atoms with van der Waals surface area (Å²) in [5, 5.41) is 6.71. The van der Waals surface area contributed by atoms with Gasteiger partial charge < -0.3 is 4.74 Å². The van der Waals surface area contributed by atoms with Crippen molar-refractivity contribution in [2.75, 3.05) is 7.11 Å². The molecule has 2 heterocycles. The zero-order valence-electron chi connectivity index (χ0n) is 13.7. The molecule has 1 atom stereocenters. The van der Waals surface area contributed by atoms with Gasteiger partial charge in [-0.2, -0.15) is 5.10 Å². The van der Waals surface area contributed by atoms with Crippen LogP contribution in [0.2, 0.25) is 0 Å². The molecular formula is C19H18N2O2S. The van der Waals surface area contributed by atoms with Crippen LogP contribution in [0.5, 0.6) is 5.75 Å². The highest BCUT2D eigenvalue weighted by Crippen LogP contribution is 2.36. The smallest absolute Gasteiger partial charge is 0.167 e. The van der Waals surface area contributed by atoms with E-state index in [0.29, 0.717) is 6.42 Å². The minimum Gasteiger partial charge on any atom is -0.497 e. The number of nitrogens with zero attached hydrogens (tertiary/aromatic N) is 2. The SMILES string of the molecule is COc1ccc(-n2nc(C)c3c2C[C@H](c2cccs2)CC3=O)cc1. The fourth-order valence-corrected chi connectivity index (χ4v) is 4.25. The molecule has 5 heteroatoms. The van der Waals surface area contributed by atoms with Gasteiger partial charge in [-0.15, -0.1) is 11.3 Å². The Hall–Kier alpha value is -2.40. The van der Waals surface area contributed by atoms with Gasteiger partial charge in [-0.3, -0.25) is 4.79 Å². The number of hydrogen-bond acceptors (Lipinski definition) is 4. The minimum atomic E-state index is 0.201. The molecule has 1 aromatic carbocycles. The zero-order chi connectivity index (χ0) is 16.7. The Morgan fingerprint density at radius 2 is 2.00 bits per heavy atom. The third-order valence-electron chi connectivity index (χ3n) is 4.57. The highest BCUT2D eigenvalue weighted by molar-refractivity contribution is 7.10. The lowest BCUT2D eigenvalue weighted by molar-refractivity contribution is 0.0963. The first-order chi connectivity index (χ1) is 11.7. The van der Waals surface area contributed by atoms with Crippen molar-refractivity contribution in [2.45, 2.75) is 25.7 Å². The van der Waals surface area contributed by atoms with Crippen LogP contribution in [0.1, 0.15) is 39.0 Å². The highest BCUT2D eigenvalue weighted by atomic mass is 32.1. The van der Waals surface area contributed by atoms with Crippen LogP contribution in [0.25, 0.3) is 5.69 Å². The summed E-state index contributed by atoms with van der Waals surface area (Å²) >= 11 is 1.72. The number of Topliss-reactive ketones (excluding diaryl/α,β-unsaturated/α-hetero) is 1. The Morgan fingerprint density at radius 3 is 2.67 bits per heavy atom. The van der Waals surface area contributed by atoms with Gasteiger partial charge in [0.15, 0.2) is 5.78 Å². The number of methoxy groups -OCH3 is 1. The van der Waals surface area contributed by atoms with Gasteiger partial charge in [0.2, 0.25) is 0 Å². The lowest BCUT2D eigenvalue weighted by atomic mass is 9.85. The molecule has 3 aromatic rings. The Balaban J connectivity index is 1.78. The number of ketones is 1. The average molecular weight is 338 g/mol. The van der Waals surface area contributed by atoms with Gasteiger partial charge in [-0.1, -0.05) is 6.07 Å². The second-order valence-electron chi connectivity index (χ2n) is 6.06. The molecule has 4 nitrogen and oxygen atoms in total. The van der Waals surface area contributed by atoms with Crippen LogP contribution < -0.4 is 4.74 Å². The number of thiophene rings is 1. The molecule has 0 saturated carbocycles. The van der Waals surface area contributed by atoms with Crippen molar-refractivity contribution in [1.29, 1.82) is 0 Å². The van der Waals surface area contributed by atoms with Crippen LogP contribution in [-0.4, -0.2) is 22.7 Å². The molecule has 0 saturated heterocycles. The Bertz CT molecular complexity index is 879. The van der Waals surface area contributed by atoms with Crippen molar-refractivity contribution >= 4 is 17.1 Å². The van der Waals surface area contributed by atoms with E-state index in [2.05, 4.69) is 16.5 Å². The van der Waals surface area contributed by atoms with Crippen LogP contribution in [0.4, 0.5) is 0 Å². The number of fused-ring (bicyclic) bond motifs is 1. The van der Waals surface area contributed by atoms with Crippen LogP contribution in [0, 0.1) is 6.92 Å². The van der Waals surface area contributed by atoms with Gasteiger partial charge in [0, 0.05) is 17.2 Å². The topological polar surface area (TPSA) is 44.1 Å². The summed E-state index contributed by atoms with van der Waals surface area (Å²) in [7, 11) is 1.65. The molecule has 4 rings (SSSR count). The van der Waals surface area contributed by atoms with E-state index < -0.39 is 0 Å². The average Bonchev–Trinajstić information content (AvgIpc) is 3.23. The molecule has 0 amide bonds. The highest BCUT2D eigenvalue weighted by Gasteiger charge is 2.32. The van der Waals surface area contributed by atoms with Crippen molar-refractivity contribution in [3.8, 4) is 11.4 Å². The van der Waals surface area contributed by atoms with Crippen LogP contribution in [-0.2, 0) is 6.42 Å². The maximum absolute atomic E-state index is 12.7. The molecule has 0 radical (unpaired) electrons. The third kappa shape index (κ3) is 2.45. The Kier molecular flexibility index (Phi) is 3.73. The number of aromatic nitrogens is 2. The minimum absolute atomic E-state index is 0.201. The summed E-state index contributed by atoms with van der Waals surface area (Å²) in [6, 6.07) is 12.0. The summed E-state index contributed by atoms with van der Waals surface area (Å²) in [5.74, 6) is 1.26. The lowest BCUT2D eigenvalue weighted by Gasteiger charge is -2.22. The first-order valence-electron chi connectivity index (χ1n) is 7.97. The number of benzene rings is 1. The molecule has 1 aliphatic carbocycles. The predicted octanol–water partition coefficient (Wildman–Crippen LogP) is 4.16. The summed E-state index contributed by atoms with van der Waals surface area (Å²) in [6.45, 7) is 1.92. The standard InChI is InChI=1S/C19H18N2O2S/c1-12-19-16(10-13(11-17(19)22)18-4-3-9-24-18)21(20-12)14-5-7-15(23-2)8-6-14/h3-9,13H,10-11H2,1-2H3/t13-/m0/s1. The molecule has 0 bridgehead atoms. The van der Waals surface area contributed by atoms with Crippen molar-refractivity contribution in [2.24, 2.45) is 0 Å².